The van der Waals surface area contributed by atoms with Gasteiger partial charge in [0.25, 0.3) is 0 Å². The molecule has 0 N–H and O–H groups in total. The first kappa shape index (κ1) is 7.74. The van der Waals surface area contributed by atoms with Gasteiger partial charge in [0.1, 0.15) is 0 Å². The van der Waals surface area contributed by atoms with Crippen LogP contribution >= 0.6 is 0 Å². The summed E-state index contributed by atoms with van der Waals surface area (Å²) in [5.41, 5.74) is 1.58. The van der Waals surface area contributed by atoms with Gasteiger partial charge in [0.05, 0.1) is 0 Å². The van der Waals surface area contributed by atoms with Crippen LogP contribution in [0, 0.1) is 0 Å². The molecule has 0 aromatic carbocycles. The van der Waals surface area contributed by atoms with E-state index in [2.05, 4.69) is 29.9 Å². The minimum absolute atomic E-state index is 0.244. The zero-order chi connectivity index (χ0) is 8.60. The van der Waals surface area contributed by atoms with Crippen molar-refractivity contribution < 1.29 is 0 Å². The van der Waals surface area contributed by atoms with E-state index < -0.39 is 0 Å². The molecule has 1 fully saturated rings. The molecule has 1 unspecified atom stereocenters. The van der Waals surface area contributed by atoms with Crippen molar-refractivity contribution in [1.29, 1.82) is 0 Å². The van der Waals surface area contributed by atoms with Crippen LogP contribution in [0.1, 0.15) is 18.9 Å². The highest BCUT2D eigenvalue weighted by Gasteiger charge is 2.38. The molecule has 2 rings (SSSR count). The lowest BCUT2D eigenvalue weighted by molar-refractivity contribution is 0.0240. The van der Waals surface area contributed by atoms with Crippen LogP contribution in [0.4, 0.5) is 0 Å². The van der Waals surface area contributed by atoms with Gasteiger partial charge in [-0.3, -0.25) is 9.88 Å². The van der Waals surface area contributed by atoms with Crippen LogP contribution in [-0.4, -0.2) is 23.5 Å². The molecule has 0 aliphatic carbocycles. The first-order valence-corrected chi connectivity index (χ1v) is 4.35. The highest BCUT2D eigenvalue weighted by Crippen LogP contribution is 2.37. The number of aromatic nitrogens is 1. The molecule has 1 aromatic rings. The molecular formula is C10H14N2. The molecule has 2 nitrogen and oxygen atoms in total. The Labute approximate surface area is 73.2 Å². The number of pyridine rings is 1. The lowest BCUT2D eigenvalue weighted by atomic mass is 9.81. The summed E-state index contributed by atoms with van der Waals surface area (Å²) in [5, 5.41) is 0. The van der Waals surface area contributed by atoms with Crippen molar-refractivity contribution in [1.82, 2.24) is 9.88 Å². The quantitative estimate of drug-likeness (QED) is 0.624. The van der Waals surface area contributed by atoms with Crippen molar-refractivity contribution in [3.63, 3.8) is 0 Å². The highest BCUT2D eigenvalue weighted by molar-refractivity contribution is 5.22. The monoisotopic (exact) mass is 162 g/mol. The number of hydrogen-bond acceptors (Lipinski definition) is 2. The van der Waals surface area contributed by atoms with E-state index >= 15 is 0 Å². The topological polar surface area (TPSA) is 16.1 Å². The van der Waals surface area contributed by atoms with Gasteiger partial charge >= 0.3 is 0 Å². The van der Waals surface area contributed by atoms with Crippen LogP contribution in [0.2, 0.25) is 0 Å². The van der Waals surface area contributed by atoms with E-state index in [9.17, 15) is 0 Å². The minimum atomic E-state index is 0.244. The standard InChI is InChI=1S/C10H14N2/c1-10(5-7-12(10)2)9-4-3-6-11-8-9/h3-4,6,8H,5,7H2,1-2H3. The molecule has 0 amide bonds. The molecular weight excluding hydrogens is 148 g/mol. The molecule has 12 heavy (non-hydrogen) atoms. The van der Waals surface area contributed by atoms with E-state index in [1.54, 1.807) is 0 Å². The summed E-state index contributed by atoms with van der Waals surface area (Å²) in [4.78, 5) is 6.51. The van der Waals surface area contributed by atoms with Gasteiger partial charge in [0, 0.05) is 24.5 Å². The maximum Gasteiger partial charge on any atom is 0.0456 e. The van der Waals surface area contributed by atoms with Gasteiger partial charge < -0.3 is 0 Å². The van der Waals surface area contributed by atoms with E-state index in [1.165, 1.54) is 18.5 Å². The van der Waals surface area contributed by atoms with Crippen LogP contribution in [-0.2, 0) is 5.54 Å². The molecule has 1 aliphatic heterocycles. The second-order valence-electron chi connectivity index (χ2n) is 3.69. The maximum atomic E-state index is 4.14. The molecule has 0 radical (unpaired) electrons. The Hall–Kier alpha value is -0.890. The van der Waals surface area contributed by atoms with Gasteiger partial charge in [0.2, 0.25) is 0 Å². The van der Waals surface area contributed by atoms with E-state index in [0.717, 1.165) is 0 Å². The summed E-state index contributed by atoms with van der Waals surface area (Å²) >= 11 is 0. The number of rotatable bonds is 1. The predicted octanol–water partition coefficient (Wildman–Crippen LogP) is 1.63. The average molecular weight is 162 g/mol. The normalized spacial score (nSPS) is 29.8. The largest absolute Gasteiger partial charge is 0.297 e. The molecule has 0 bridgehead atoms. The van der Waals surface area contributed by atoms with Gasteiger partial charge in [-0.1, -0.05) is 6.07 Å². The summed E-state index contributed by atoms with van der Waals surface area (Å²) in [6.45, 7) is 3.47. The zero-order valence-electron chi connectivity index (χ0n) is 7.62. The third-order valence-corrected chi connectivity index (χ3v) is 3.06. The third kappa shape index (κ3) is 0.950. The number of likely N-dealkylation sites (tertiary alicyclic amines) is 1. The van der Waals surface area contributed by atoms with Crippen molar-refractivity contribution in [2.45, 2.75) is 18.9 Å². The molecule has 1 saturated heterocycles. The van der Waals surface area contributed by atoms with Crippen LogP contribution in [0.15, 0.2) is 24.5 Å². The Balaban J connectivity index is 2.31. The fourth-order valence-electron chi connectivity index (χ4n) is 1.72. The Morgan fingerprint density at radius 2 is 2.42 bits per heavy atom. The highest BCUT2D eigenvalue weighted by atomic mass is 15.2. The van der Waals surface area contributed by atoms with Crippen LogP contribution in [0.3, 0.4) is 0 Å². The number of hydrogen-bond donors (Lipinski definition) is 0. The molecule has 1 aromatic heterocycles. The first-order valence-electron chi connectivity index (χ1n) is 4.35. The summed E-state index contributed by atoms with van der Waals surface area (Å²) in [5.74, 6) is 0. The summed E-state index contributed by atoms with van der Waals surface area (Å²) in [6.07, 6.45) is 5.04. The van der Waals surface area contributed by atoms with Gasteiger partial charge in [-0.15, -0.1) is 0 Å². The molecule has 1 aliphatic rings. The van der Waals surface area contributed by atoms with Gasteiger partial charge in [-0.2, -0.15) is 0 Å². The summed E-state index contributed by atoms with van der Waals surface area (Å²) < 4.78 is 0. The molecule has 0 saturated carbocycles. The molecule has 2 heteroatoms. The molecule has 1 atom stereocenters. The van der Waals surface area contributed by atoms with E-state index in [4.69, 9.17) is 0 Å². The van der Waals surface area contributed by atoms with Crippen LogP contribution in [0.25, 0.3) is 0 Å². The maximum absolute atomic E-state index is 4.14. The molecule has 0 spiro atoms. The second-order valence-corrected chi connectivity index (χ2v) is 3.69. The lowest BCUT2D eigenvalue weighted by Gasteiger charge is -2.48. The Morgan fingerprint density at radius 3 is 2.83 bits per heavy atom. The SMILES string of the molecule is CN1CCC1(C)c1cccnc1. The van der Waals surface area contributed by atoms with Crippen LogP contribution in [0.5, 0.6) is 0 Å². The van der Waals surface area contributed by atoms with E-state index in [0.29, 0.717) is 0 Å². The third-order valence-electron chi connectivity index (χ3n) is 3.06. The summed E-state index contributed by atoms with van der Waals surface area (Å²) in [7, 11) is 2.16. The predicted molar refractivity (Wildman–Crippen MR) is 48.8 cm³/mol. The fraction of sp³-hybridized carbons (Fsp3) is 0.500. The van der Waals surface area contributed by atoms with E-state index in [1.807, 2.05) is 18.5 Å². The lowest BCUT2D eigenvalue weighted by Crippen LogP contribution is -2.52. The Bertz CT molecular complexity index is 270. The summed E-state index contributed by atoms with van der Waals surface area (Å²) in [6, 6.07) is 4.16. The fourth-order valence-corrected chi connectivity index (χ4v) is 1.72. The van der Waals surface area contributed by atoms with Crippen molar-refractivity contribution in [2.24, 2.45) is 0 Å². The van der Waals surface area contributed by atoms with Crippen molar-refractivity contribution in [3.8, 4) is 0 Å². The van der Waals surface area contributed by atoms with Crippen LogP contribution < -0.4 is 0 Å². The van der Waals surface area contributed by atoms with Crippen molar-refractivity contribution in [3.05, 3.63) is 30.1 Å². The average Bonchev–Trinajstić information content (AvgIpc) is 2.16. The Morgan fingerprint density at radius 1 is 1.58 bits per heavy atom. The molecule has 2 heterocycles. The second kappa shape index (κ2) is 2.56. The smallest absolute Gasteiger partial charge is 0.0456 e. The van der Waals surface area contributed by atoms with Gasteiger partial charge in [0.15, 0.2) is 0 Å². The van der Waals surface area contributed by atoms with Crippen molar-refractivity contribution in [2.75, 3.05) is 13.6 Å². The first-order chi connectivity index (χ1) is 5.73. The van der Waals surface area contributed by atoms with Crippen molar-refractivity contribution >= 4 is 0 Å². The van der Waals surface area contributed by atoms with E-state index in [-0.39, 0.29) is 5.54 Å². The minimum Gasteiger partial charge on any atom is -0.297 e. The van der Waals surface area contributed by atoms with Gasteiger partial charge in [-0.05, 0) is 32.0 Å². The number of nitrogens with zero attached hydrogens (tertiary/aromatic N) is 2. The zero-order valence-corrected chi connectivity index (χ0v) is 7.62. The Kier molecular flexibility index (Phi) is 1.65. The molecule has 64 valence electrons. The van der Waals surface area contributed by atoms with Gasteiger partial charge in [-0.25, -0.2) is 0 Å².